The van der Waals surface area contributed by atoms with Crippen LogP contribution in [-0.4, -0.2) is 36.6 Å². The third-order valence-corrected chi connectivity index (χ3v) is 5.37. The summed E-state index contributed by atoms with van der Waals surface area (Å²) in [6.07, 6.45) is 4.21. The monoisotopic (exact) mass is 403 g/mol. The van der Waals surface area contributed by atoms with Crippen LogP contribution < -0.4 is 10.2 Å². The van der Waals surface area contributed by atoms with E-state index in [9.17, 15) is 9.59 Å². The van der Waals surface area contributed by atoms with E-state index in [0.29, 0.717) is 0 Å². The minimum atomic E-state index is -0.454. The zero-order valence-electron chi connectivity index (χ0n) is 17.1. The van der Waals surface area contributed by atoms with E-state index in [4.69, 9.17) is 4.74 Å². The molecule has 1 amide bonds. The predicted octanol–water partition coefficient (Wildman–Crippen LogP) is 3.87. The molecule has 1 saturated heterocycles. The van der Waals surface area contributed by atoms with Crippen LogP contribution in [0, 0.1) is 6.92 Å². The second kappa shape index (κ2) is 8.95. The maximum atomic E-state index is 12.3. The molecule has 2 heterocycles. The molecule has 4 rings (SSSR count). The van der Waals surface area contributed by atoms with Crippen molar-refractivity contribution < 1.29 is 14.3 Å². The lowest BCUT2D eigenvalue weighted by atomic mass is 10.1. The molecular formula is C24H25N3O3. The third-order valence-electron chi connectivity index (χ3n) is 5.37. The summed E-state index contributed by atoms with van der Waals surface area (Å²) in [5, 5.41) is 3.80. The average molecular weight is 403 g/mol. The summed E-state index contributed by atoms with van der Waals surface area (Å²) in [7, 11) is 0. The second-order valence-corrected chi connectivity index (χ2v) is 7.57. The van der Waals surface area contributed by atoms with Gasteiger partial charge in [-0.05, 0) is 55.2 Å². The quantitative estimate of drug-likeness (QED) is 0.633. The lowest BCUT2D eigenvalue weighted by Crippen LogP contribution is -2.22. The van der Waals surface area contributed by atoms with Crippen molar-refractivity contribution in [2.45, 2.75) is 26.2 Å². The van der Waals surface area contributed by atoms with E-state index in [1.54, 1.807) is 6.20 Å². The van der Waals surface area contributed by atoms with E-state index < -0.39 is 5.97 Å². The van der Waals surface area contributed by atoms with E-state index in [-0.39, 0.29) is 18.9 Å². The molecule has 1 aliphatic heterocycles. The lowest BCUT2D eigenvalue weighted by Gasteiger charge is -2.19. The molecule has 0 radical (unpaired) electrons. The molecule has 0 saturated carbocycles. The SMILES string of the molecule is Cc1cc(N2CCCC2)ccc1NC(=O)COC(=O)Cc1cccc2cccnc12. The van der Waals surface area contributed by atoms with Gasteiger partial charge in [0.05, 0.1) is 11.9 Å². The molecule has 2 aromatic carbocycles. The number of benzene rings is 2. The van der Waals surface area contributed by atoms with E-state index in [1.807, 2.05) is 49.4 Å². The molecular weight excluding hydrogens is 378 g/mol. The first-order valence-electron chi connectivity index (χ1n) is 10.2. The molecule has 0 atom stereocenters. The predicted molar refractivity (Wildman–Crippen MR) is 118 cm³/mol. The van der Waals surface area contributed by atoms with Gasteiger partial charge >= 0.3 is 5.97 Å². The molecule has 1 aliphatic rings. The number of fused-ring (bicyclic) bond motifs is 1. The molecule has 6 heteroatoms. The van der Waals surface area contributed by atoms with Crippen molar-refractivity contribution >= 4 is 34.2 Å². The number of hydrogen-bond donors (Lipinski definition) is 1. The van der Waals surface area contributed by atoms with Crippen molar-refractivity contribution in [1.29, 1.82) is 0 Å². The largest absolute Gasteiger partial charge is 0.455 e. The van der Waals surface area contributed by atoms with E-state index >= 15 is 0 Å². The Balaban J connectivity index is 1.31. The maximum Gasteiger partial charge on any atom is 0.310 e. The van der Waals surface area contributed by atoms with Crippen molar-refractivity contribution in [1.82, 2.24) is 4.98 Å². The zero-order valence-corrected chi connectivity index (χ0v) is 17.1. The zero-order chi connectivity index (χ0) is 20.9. The molecule has 30 heavy (non-hydrogen) atoms. The third kappa shape index (κ3) is 4.59. The number of amides is 1. The van der Waals surface area contributed by atoms with Crippen molar-refractivity contribution in [3.63, 3.8) is 0 Å². The number of aromatic nitrogens is 1. The Morgan fingerprint density at radius 2 is 1.90 bits per heavy atom. The Hall–Kier alpha value is -3.41. The van der Waals surface area contributed by atoms with Gasteiger partial charge in [-0.25, -0.2) is 0 Å². The number of nitrogens with zero attached hydrogens (tertiary/aromatic N) is 2. The van der Waals surface area contributed by atoms with Gasteiger partial charge in [-0.15, -0.1) is 0 Å². The Morgan fingerprint density at radius 1 is 1.10 bits per heavy atom. The molecule has 1 N–H and O–H groups in total. The number of pyridine rings is 1. The highest BCUT2D eigenvalue weighted by Gasteiger charge is 2.15. The molecule has 6 nitrogen and oxygen atoms in total. The molecule has 0 spiro atoms. The Labute approximate surface area is 175 Å². The van der Waals surface area contributed by atoms with Gasteiger partial charge in [-0.3, -0.25) is 14.6 Å². The summed E-state index contributed by atoms with van der Waals surface area (Å²) >= 11 is 0. The van der Waals surface area contributed by atoms with Crippen LogP contribution in [0.1, 0.15) is 24.0 Å². The van der Waals surface area contributed by atoms with Crippen molar-refractivity contribution in [2.24, 2.45) is 0 Å². The number of hydrogen-bond acceptors (Lipinski definition) is 5. The highest BCUT2D eigenvalue weighted by atomic mass is 16.5. The first-order chi connectivity index (χ1) is 14.6. The first-order valence-corrected chi connectivity index (χ1v) is 10.2. The fourth-order valence-electron chi connectivity index (χ4n) is 3.81. The van der Waals surface area contributed by atoms with Crippen LogP contribution in [0.4, 0.5) is 11.4 Å². The summed E-state index contributed by atoms with van der Waals surface area (Å²) in [5.41, 5.74) is 4.46. The minimum absolute atomic E-state index is 0.0746. The van der Waals surface area contributed by atoms with E-state index in [0.717, 1.165) is 40.8 Å². The van der Waals surface area contributed by atoms with Crippen LogP contribution in [0.25, 0.3) is 10.9 Å². The van der Waals surface area contributed by atoms with Gasteiger partial charge in [-0.1, -0.05) is 24.3 Å². The van der Waals surface area contributed by atoms with Gasteiger partial charge in [0, 0.05) is 36.0 Å². The molecule has 154 valence electrons. The summed E-state index contributed by atoms with van der Waals surface area (Å²) in [5.74, 6) is -0.805. The highest BCUT2D eigenvalue weighted by Crippen LogP contribution is 2.25. The van der Waals surface area contributed by atoms with Crippen LogP contribution in [0.2, 0.25) is 0 Å². The second-order valence-electron chi connectivity index (χ2n) is 7.57. The van der Waals surface area contributed by atoms with Gasteiger partial charge in [0.25, 0.3) is 5.91 Å². The van der Waals surface area contributed by atoms with Gasteiger partial charge in [0.15, 0.2) is 6.61 Å². The summed E-state index contributed by atoms with van der Waals surface area (Å²) in [4.78, 5) is 31.2. The van der Waals surface area contributed by atoms with Crippen LogP contribution in [0.5, 0.6) is 0 Å². The molecule has 3 aromatic rings. The number of esters is 1. The van der Waals surface area contributed by atoms with Gasteiger partial charge in [0.1, 0.15) is 0 Å². The number of nitrogens with one attached hydrogen (secondary N) is 1. The minimum Gasteiger partial charge on any atom is -0.455 e. The standard InChI is InChI=1S/C24H25N3O3/c1-17-14-20(27-12-2-3-13-27)9-10-21(17)26-22(28)16-30-23(29)15-19-7-4-6-18-8-5-11-25-24(18)19/h4-11,14H,2-3,12-13,15-16H2,1H3,(H,26,28). The number of carbonyl (C=O) groups is 2. The molecule has 1 aromatic heterocycles. The van der Waals surface area contributed by atoms with Crippen molar-refractivity contribution in [2.75, 3.05) is 29.9 Å². The number of ether oxygens (including phenoxy) is 1. The van der Waals surface area contributed by atoms with Crippen molar-refractivity contribution in [3.8, 4) is 0 Å². The molecule has 0 aliphatic carbocycles. The van der Waals surface area contributed by atoms with Crippen LogP contribution in [-0.2, 0) is 20.7 Å². The summed E-state index contributed by atoms with van der Waals surface area (Å²) in [6.45, 7) is 3.81. The van der Waals surface area contributed by atoms with Crippen LogP contribution in [0.15, 0.2) is 54.7 Å². The molecule has 0 bridgehead atoms. The molecule has 1 fully saturated rings. The summed E-state index contributed by atoms with van der Waals surface area (Å²) < 4.78 is 5.19. The average Bonchev–Trinajstić information content (AvgIpc) is 3.29. The molecule has 0 unspecified atom stereocenters. The Bertz CT molecular complexity index is 1070. The van der Waals surface area contributed by atoms with E-state index in [1.165, 1.54) is 18.5 Å². The number of rotatable bonds is 6. The first kappa shape index (κ1) is 19.9. The van der Waals surface area contributed by atoms with Crippen LogP contribution >= 0.6 is 0 Å². The van der Waals surface area contributed by atoms with Crippen LogP contribution in [0.3, 0.4) is 0 Å². The summed E-state index contributed by atoms with van der Waals surface area (Å²) in [6, 6.07) is 15.5. The maximum absolute atomic E-state index is 12.3. The number of aryl methyl sites for hydroxylation is 1. The van der Waals surface area contributed by atoms with Gasteiger partial charge < -0.3 is 15.0 Å². The Kier molecular flexibility index (Phi) is 5.93. The fraction of sp³-hybridized carbons (Fsp3) is 0.292. The Morgan fingerprint density at radius 3 is 2.70 bits per heavy atom. The van der Waals surface area contributed by atoms with Gasteiger partial charge in [0.2, 0.25) is 0 Å². The normalized spacial score (nSPS) is 13.4. The lowest BCUT2D eigenvalue weighted by molar-refractivity contribution is -0.146. The number of para-hydroxylation sites is 1. The van der Waals surface area contributed by atoms with E-state index in [2.05, 4.69) is 21.3 Å². The smallest absolute Gasteiger partial charge is 0.310 e. The highest BCUT2D eigenvalue weighted by molar-refractivity contribution is 5.94. The van der Waals surface area contributed by atoms with Gasteiger partial charge in [-0.2, -0.15) is 0 Å². The topological polar surface area (TPSA) is 71.5 Å². The number of anilines is 2. The van der Waals surface area contributed by atoms with Crippen molar-refractivity contribution in [3.05, 3.63) is 65.9 Å². The fourth-order valence-corrected chi connectivity index (χ4v) is 3.81. The number of carbonyl (C=O) groups excluding carboxylic acids is 2.